The Morgan fingerprint density at radius 3 is 2.06 bits per heavy atom. The van der Waals surface area contributed by atoms with Crippen LogP contribution in [0, 0.1) is 0 Å². The van der Waals surface area contributed by atoms with E-state index in [0.717, 1.165) is 9.87 Å². The summed E-state index contributed by atoms with van der Waals surface area (Å²) in [7, 11) is -2.46. The monoisotopic (exact) mass is 480 g/mol. The topological polar surface area (TPSA) is 75.7 Å². The minimum absolute atomic E-state index is 0.0387. The van der Waals surface area contributed by atoms with Gasteiger partial charge in [-0.1, -0.05) is 63.2 Å². The molecule has 0 spiro atoms. The predicted molar refractivity (Wildman–Crippen MR) is 136 cm³/mol. The second-order valence-corrected chi connectivity index (χ2v) is 11.0. The van der Waals surface area contributed by atoms with Gasteiger partial charge in [-0.2, -0.15) is 0 Å². The number of hydrogen-bond donors (Lipinski definition) is 1. The average Bonchev–Trinajstić information content (AvgIpc) is 2.82. The van der Waals surface area contributed by atoms with Gasteiger partial charge in [0.15, 0.2) is 0 Å². The number of hydrogen-bond acceptors (Lipinski definition) is 4. The van der Waals surface area contributed by atoms with Crippen molar-refractivity contribution in [2.24, 2.45) is 0 Å². The van der Waals surface area contributed by atoms with Crippen LogP contribution in [0.15, 0.2) is 83.8 Å². The highest BCUT2D eigenvalue weighted by Crippen LogP contribution is 2.26. The Labute approximate surface area is 202 Å². The molecule has 180 valence electrons. The number of benzene rings is 3. The molecule has 3 aromatic carbocycles. The minimum Gasteiger partial charge on any atom is -0.497 e. The molecule has 0 aromatic heterocycles. The van der Waals surface area contributed by atoms with Crippen molar-refractivity contribution in [3.63, 3.8) is 0 Å². The summed E-state index contributed by atoms with van der Waals surface area (Å²) < 4.78 is 33.2. The van der Waals surface area contributed by atoms with Gasteiger partial charge in [0.05, 0.1) is 23.7 Å². The number of nitrogens with zero attached hydrogens (tertiary/aromatic N) is 1. The molecule has 1 amide bonds. The first-order valence-corrected chi connectivity index (χ1v) is 12.6. The maximum Gasteiger partial charge on any atom is 0.264 e. The summed E-state index contributed by atoms with van der Waals surface area (Å²) >= 11 is 0. The summed E-state index contributed by atoms with van der Waals surface area (Å²) in [6.07, 6.45) is 0. The molecule has 0 radical (unpaired) electrons. The van der Waals surface area contributed by atoms with Crippen LogP contribution in [0.4, 0.5) is 5.69 Å². The maximum absolute atomic E-state index is 13.5. The van der Waals surface area contributed by atoms with Gasteiger partial charge >= 0.3 is 0 Å². The average molecular weight is 481 g/mol. The fourth-order valence-electron chi connectivity index (χ4n) is 3.56. The van der Waals surface area contributed by atoms with E-state index in [1.807, 2.05) is 19.1 Å². The van der Waals surface area contributed by atoms with Crippen molar-refractivity contribution in [1.29, 1.82) is 0 Å². The van der Waals surface area contributed by atoms with Crippen molar-refractivity contribution in [2.45, 2.75) is 44.0 Å². The molecule has 7 heteroatoms. The van der Waals surface area contributed by atoms with E-state index in [4.69, 9.17) is 4.74 Å². The molecular formula is C27H32N2O4S. The van der Waals surface area contributed by atoms with Gasteiger partial charge in [-0.05, 0) is 59.9 Å². The fourth-order valence-corrected chi connectivity index (χ4v) is 4.98. The van der Waals surface area contributed by atoms with Gasteiger partial charge in [0.1, 0.15) is 12.3 Å². The standard InChI is InChI=1S/C27H32N2O4S/c1-20(21-11-13-22(14-12-21)27(2,3)4)28-26(30)19-29(23-9-7-6-8-10-23)34(31,32)25-17-15-24(33-5)16-18-25/h6-18,20H,19H2,1-5H3,(H,28,30)/t20-/m0/s1. The summed E-state index contributed by atoms with van der Waals surface area (Å²) in [6.45, 7) is 7.98. The second kappa shape index (κ2) is 10.3. The number of carbonyl (C=O) groups excluding carboxylic acids is 1. The predicted octanol–water partition coefficient (Wildman–Crippen LogP) is 5.07. The molecule has 6 nitrogen and oxygen atoms in total. The third-order valence-electron chi connectivity index (χ3n) is 5.63. The summed E-state index contributed by atoms with van der Waals surface area (Å²) in [5.41, 5.74) is 2.61. The highest BCUT2D eigenvalue weighted by molar-refractivity contribution is 7.92. The van der Waals surface area contributed by atoms with Crippen LogP contribution >= 0.6 is 0 Å². The molecule has 0 unspecified atom stereocenters. The van der Waals surface area contributed by atoms with E-state index in [1.54, 1.807) is 42.5 Å². The Kier molecular flexibility index (Phi) is 7.67. The van der Waals surface area contributed by atoms with Crippen LogP contribution in [-0.4, -0.2) is 28.0 Å². The van der Waals surface area contributed by atoms with Gasteiger partial charge < -0.3 is 10.1 Å². The van der Waals surface area contributed by atoms with E-state index in [1.165, 1.54) is 24.8 Å². The third kappa shape index (κ3) is 5.97. The molecule has 0 fully saturated rings. The summed E-state index contributed by atoms with van der Waals surface area (Å²) in [5.74, 6) is 0.155. The first-order chi connectivity index (χ1) is 16.0. The molecule has 1 N–H and O–H groups in total. The van der Waals surface area contributed by atoms with Crippen LogP contribution in [-0.2, 0) is 20.2 Å². The van der Waals surface area contributed by atoms with Crippen molar-refractivity contribution in [3.8, 4) is 5.75 Å². The van der Waals surface area contributed by atoms with Crippen molar-refractivity contribution >= 4 is 21.6 Å². The Morgan fingerprint density at radius 2 is 1.53 bits per heavy atom. The Morgan fingerprint density at radius 1 is 0.941 bits per heavy atom. The Bertz CT molecular complexity index is 1200. The van der Waals surface area contributed by atoms with Gasteiger partial charge in [0.25, 0.3) is 10.0 Å². The van der Waals surface area contributed by atoms with E-state index in [0.29, 0.717) is 11.4 Å². The van der Waals surface area contributed by atoms with Crippen molar-refractivity contribution in [3.05, 3.63) is 90.0 Å². The first-order valence-electron chi connectivity index (χ1n) is 11.1. The molecule has 0 heterocycles. The summed E-state index contributed by atoms with van der Waals surface area (Å²) in [4.78, 5) is 13.1. The van der Waals surface area contributed by atoms with Crippen molar-refractivity contribution in [1.82, 2.24) is 5.32 Å². The number of para-hydroxylation sites is 1. The van der Waals surface area contributed by atoms with E-state index in [2.05, 4.69) is 38.2 Å². The number of sulfonamides is 1. The number of nitrogens with one attached hydrogen (secondary N) is 1. The molecule has 34 heavy (non-hydrogen) atoms. The zero-order valence-electron chi connectivity index (χ0n) is 20.3. The Hall–Kier alpha value is -3.32. The number of rotatable bonds is 8. The lowest BCUT2D eigenvalue weighted by Gasteiger charge is -2.25. The molecular weight excluding hydrogens is 448 g/mol. The second-order valence-electron chi connectivity index (χ2n) is 9.18. The minimum atomic E-state index is -3.98. The maximum atomic E-state index is 13.5. The van der Waals surface area contributed by atoms with E-state index in [9.17, 15) is 13.2 Å². The lowest BCUT2D eigenvalue weighted by Crippen LogP contribution is -2.41. The molecule has 3 rings (SSSR count). The van der Waals surface area contributed by atoms with Gasteiger partial charge in [0.2, 0.25) is 5.91 Å². The number of anilines is 1. The number of carbonyl (C=O) groups is 1. The lowest BCUT2D eigenvalue weighted by molar-refractivity contribution is -0.120. The summed E-state index contributed by atoms with van der Waals surface area (Å²) in [5, 5.41) is 2.93. The lowest BCUT2D eigenvalue weighted by atomic mass is 9.86. The number of amides is 1. The molecule has 0 saturated carbocycles. The largest absolute Gasteiger partial charge is 0.497 e. The van der Waals surface area contributed by atoms with Crippen molar-refractivity contribution < 1.29 is 17.9 Å². The third-order valence-corrected chi connectivity index (χ3v) is 7.42. The highest BCUT2D eigenvalue weighted by Gasteiger charge is 2.27. The van der Waals surface area contributed by atoms with Crippen LogP contribution in [0.25, 0.3) is 0 Å². The van der Waals surface area contributed by atoms with Crippen LogP contribution in [0.3, 0.4) is 0 Å². The van der Waals surface area contributed by atoms with Crippen LogP contribution in [0.2, 0.25) is 0 Å². The number of ether oxygens (including phenoxy) is 1. The molecule has 1 atom stereocenters. The van der Waals surface area contributed by atoms with Crippen LogP contribution < -0.4 is 14.4 Å². The molecule has 0 bridgehead atoms. The van der Waals surface area contributed by atoms with Gasteiger partial charge in [-0.15, -0.1) is 0 Å². The van der Waals surface area contributed by atoms with E-state index in [-0.39, 0.29) is 22.9 Å². The zero-order valence-corrected chi connectivity index (χ0v) is 21.1. The number of methoxy groups -OCH3 is 1. The first kappa shape index (κ1) is 25.3. The van der Waals surface area contributed by atoms with Crippen LogP contribution in [0.5, 0.6) is 5.75 Å². The van der Waals surface area contributed by atoms with Crippen LogP contribution in [0.1, 0.15) is 44.9 Å². The van der Waals surface area contributed by atoms with E-state index >= 15 is 0 Å². The highest BCUT2D eigenvalue weighted by atomic mass is 32.2. The Balaban J connectivity index is 1.82. The normalized spacial score (nSPS) is 12.6. The molecule has 0 saturated heterocycles. The molecule has 0 aliphatic rings. The zero-order chi connectivity index (χ0) is 24.9. The van der Waals surface area contributed by atoms with Gasteiger partial charge in [-0.25, -0.2) is 8.42 Å². The smallest absolute Gasteiger partial charge is 0.264 e. The fraction of sp³-hybridized carbons (Fsp3) is 0.296. The quantitative estimate of drug-likeness (QED) is 0.489. The van der Waals surface area contributed by atoms with Crippen molar-refractivity contribution in [2.75, 3.05) is 18.0 Å². The molecule has 0 aliphatic carbocycles. The SMILES string of the molecule is COc1ccc(S(=O)(=O)N(CC(=O)N[C@@H](C)c2ccc(C(C)(C)C)cc2)c2ccccc2)cc1. The summed E-state index contributed by atoms with van der Waals surface area (Å²) in [6, 6.07) is 22.6. The molecule has 0 aliphatic heterocycles. The van der Waals surface area contributed by atoms with Gasteiger partial charge in [-0.3, -0.25) is 9.10 Å². The van der Waals surface area contributed by atoms with E-state index < -0.39 is 15.9 Å². The molecule has 3 aromatic rings. The van der Waals surface area contributed by atoms with Gasteiger partial charge in [0, 0.05) is 0 Å².